The Labute approximate surface area is 123 Å². The summed E-state index contributed by atoms with van der Waals surface area (Å²) in [5.41, 5.74) is 1.24. The molecule has 1 N–H and O–H groups in total. The summed E-state index contributed by atoms with van der Waals surface area (Å²) in [4.78, 5) is 5.02. The van der Waals surface area contributed by atoms with Gasteiger partial charge in [0.05, 0.1) is 12.8 Å². The van der Waals surface area contributed by atoms with E-state index in [9.17, 15) is 0 Å². The number of hydrogen-bond acceptors (Lipinski definition) is 4. The van der Waals surface area contributed by atoms with Crippen molar-refractivity contribution in [2.24, 2.45) is 0 Å². The van der Waals surface area contributed by atoms with E-state index < -0.39 is 0 Å². The molecule has 0 aliphatic carbocycles. The molecule has 4 heteroatoms. The van der Waals surface area contributed by atoms with Crippen LogP contribution in [-0.2, 0) is 13.1 Å². The van der Waals surface area contributed by atoms with E-state index in [1.165, 1.54) is 18.7 Å². The van der Waals surface area contributed by atoms with Crippen molar-refractivity contribution in [3.63, 3.8) is 0 Å². The SMILES string of the molecule is CC(C)NCc1coc(CN2CCN(C(C)C)CC2)c1. The molecule has 0 bridgehead atoms. The van der Waals surface area contributed by atoms with Crippen molar-refractivity contribution in [3.8, 4) is 0 Å². The molecule has 1 aromatic heterocycles. The lowest BCUT2D eigenvalue weighted by Crippen LogP contribution is -2.48. The Kier molecular flexibility index (Phi) is 5.64. The number of furan rings is 1. The predicted octanol–water partition coefficient (Wildman–Crippen LogP) is 2.30. The average Bonchev–Trinajstić information content (AvgIpc) is 2.84. The Morgan fingerprint density at radius 3 is 2.45 bits per heavy atom. The second kappa shape index (κ2) is 7.25. The van der Waals surface area contributed by atoms with E-state index in [1.807, 2.05) is 6.26 Å². The quantitative estimate of drug-likeness (QED) is 0.866. The Morgan fingerprint density at radius 1 is 1.15 bits per heavy atom. The van der Waals surface area contributed by atoms with Gasteiger partial charge < -0.3 is 9.73 Å². The first-order chi connectivity index (χ1) is 9.54. The molecule has 0 radical (unpaired) electrons. The first-order valence-electron chi connectivity index (χ1n) is 7.80. The number of rotatable bonds is 6. The van der Waals surface area contributed by atoms with Crippen molar-refractivity contribution in [3.05, 3.63) is 23.7 Å². The van der Waals surface area contributed by atoms with Crippen LogP contribution in [0.1, 0.15) is 39.0 Å². The molecule has 1 saturated heterocycles. The van der Waals surface area contributed by atoms with Crippen LogP contribution < -0.4 is 5.32 Å². The van der Waals surface area contributed by atoms with E-state index >= 15 is 0 Å². The van der Waals surface area contributed by atoms with Gasteiger partial charge >= 0.3 is 0 Å². The van der Waals surface area contributed by atoms with Crippen LogP contribution in [0.5, 0.6) is 0 Å². The van der Waals surface area contributed by atoms with Gasteiger partial charge in [-0.3, -0.25) is 9.80 Å². The monoisotopic (exact) mass is 279 g/mol. The van der Waals surface area contributed by atoms with E-state index in [0.29, 0.717) is 12.1 Å². The molecule has 1 fully saturated rings. The summed E-state index contributed by atoms with van der Waals surface area (Å²) in [6, 6.07) is 3.36. The molecule has 0 aromatic carbocycles. The minimum Gasteiger partial charge on any atom is -0.468 e. The smallest absolute Gasteiger partial charge is 0.118 e. The van der Waals surface area contributed by atoms with Crippen molar-refractivity contribution < 1.29 is 4.42 Å². The maximum atomic E-state index is 5.68. The molecule has 0 amide bonds. The highest BCUT2D eigenvalue weighted by Crippen LogP contribution is 2.13. The van der Waals surface area contributed by atoms with Crippen LogP contribution in [0.15, 0.2) is 16.7 Å². The zero-order valence-corrected chi connectivity index (χ0v) is 13.4. The molecule has 0 unspecified atom stereocenters. The van der Waals surface area contributed by atoms with E-state index in [-0.39, 0.29) is 0 Å². The summed E-state index contributed by atoms with van der Waals surface area (Å²) in [5, 5.41) is 3.42. The van der Waals surface area contributed by atoms with Crippen molar-refractivity contribution in [2.45, 2.75) is 52.9 Å². The van der Waals surface area contributed by atoms with Gasteiger partial charge in [-0.05, 0) is 19.9 Å². The Bertz CT molecular complexity index is 392. The van der Waals surface area contributed by atoms with E-state index in [2.05, 4.69) is 48.9 Å². The third-order valence-electron chi connectivity index (χ3n) is 3.94. The van der Waals surface area contributed by atoms with Crippen molar-refractivity contribution in [2.75, 3.05) is 26.2 Å². The Hall–Kier alpha value is -0.840. The normalized spacial score (nSPS) is 18.3. The zero-order chi connectivity index (χ0) is 14.5. The molecule has 0 atom stereocenters. The zero-order valence-electron chi connectivity index (χ0n) is 13.4. The molecular weight excluding hydrogens is 250 g/mol. The topological polar surface area (TPSA) is 31.7 Å². The van der Waals surface area contributed by atoms with Crippen LogP contribution >= 0.6 is 0 Å². The van der Waals surface area contributed by atoms with Gasteiger partial charge in [0.25, 0.3) is 0 Å². The summed E-state index contributed by atoms with van der Waals surface area (Å²) >= 11 is 0. The average molecular weight is 279 g/mol. The summed E-state index contributed by atoms with van der Waals surface area (Å²) in [6.07, 6.45) is 1.88. The molecule has 1 aromatic rings. The number of nitrogens with zero attached hydrogens (tertiary/aromatic N) is 2. The molecule has 4 nitrogen and oxygen atoms in total. The minimum absolute atomic E-state index is 0.512. The van der Waals surface area contributed by atoms with E-state index in [0.717, 1.165) is 31.9 Å². The van der Waals surface area contributed by atoms with Gasteiger partial charge in [0, 0.05) is 50.4 Å². The predicted molar refractivity (Wildman–Crippen MR) is 82.7 cm³/mol. The van der Waals surface area contributed by atoms with Crippen LogP contribution in [-0.4, -0.2) is 48.1 Å². The minimum atomic E-state index is 0.512. The molecule has 1 aliphatic rings. The van der Waals surface area contributed by atoms with Gasteiger partial charge in [0.15, 0.2) is 0 Å². The van der Waals surface area contributed by atoms with Crippen LogP contribution in [0.4, 0.5) is 0 Å². The lowest BCUT2D eigenvalue weighted by Gasteiger charge is -2.36. The Morgan fingerprint density at radius 2 is 1.85 bits per heavy atom. The number of hydrogen-bond donors (Lipinski definition) is 1. The first-order valence-corrected chi connectivity index (χ1v) is 7.80. The highest BCUT2D eigenvalue weighted by molar-refractivity contribution is 5.12. The van der Waals surface area contributed by atoms with Gasteiger partial charge in [-0.1, -0.05) is 13.8 Å². The van der Waals surface area contributed by atoms with Crippen molar-refractivity contribution in [1.82, 2.24) is 15.1 Å². The molecule has 2 heterocycles. The second-order valence-corrected chi connectivity index (χ2v) is 6.36. The molecule has 0 saturated carbocycles. The number of piperazine rings is 1. The van der Waals surface area contributed by atoms with Crippen molar-refractivity contribution in [1.29, 1.82) is 0 Å². The van der Waals surface area contributed by atoms with Gasteiger partial charge in [0.1, 0.15) is 5.76 Å². The first kappa shape index (κ1) is 15.5. The summed E-state index contributed by atoms with van der Waals surface area (Å²) in [6.45, 7) is 15.3. The third kappa shape index (κ3) is 4.62. The summed E-state index contributed by atoms with van der Waals surface area (Å²) in [7, 11) is 0. The van der Waals surface area contributed by atoms with Crippen molar-refractivity contribution >= 4 is 0 Å². The van der Waals surface area contributed by atoms with Gasteiger partial charge in [-0.15, -0.1) is 0 Å². The molecule has 114 valence electrons. The lowest BCUT2D eigenvalue weighted by molar-refractivity contribution is 0.0991. The molecular formula is C16H29N3O. The lowest BCUT2D eigenvalue weighted by atomic mass is 10.2. The fourth-order valence-corrected chi connectivity index (χ4v) is 2.58. The van der Waals surface area contributed by atoms with Gasteiger partial charge in [-0.2, -0.15) is 0 Å². The van der Waals surface area contributed by atoms with Gasteiger partial charge in [0.2, 0.25) is 0 Å². The maximum absolute atomic E-state index is 5.68. The van der Waals surface area contributed by atoms with Crippen LogP contribution in [0.25, 0.3) is 0 Å². The van der Waals surface area contributed by atoms with Crippen LogP contribution in [0.2, 0.25) is 0 Å². The molecule has 0 spiro atoms. The highest BCUT2D eigenvalue weighted by atomic mass is 16.3. The van der Waals surface area contributed by atoms with Crippen LogP contribution in [0, 0.1) is 0 Å². The fraction of sp³-hybridized carbons (Fsp3) is 0.750. The fourth-order valence-electron chi connectivity index (χ4n) is 2.58. The maximum Gasteiger partial charge on any atom is 0.118 e. The van der Waals surface area contributed by atoms with E-state index in [1.54, 1.807) is 0 Å². The second-order valence-electron chi connectivity index (χ2n) is 6.36. The summed E-state index contributed by atoms with van der Waals surface area (Å²) < 4.78 is 5.68. The molecule has 1 aliphatic heterocycles. The summed E-state index contributed by atoms with van der Waals surface area (Å²) in [5.74, 6) is 1.09. The standard InChI is InChI=1S/C16H29N3O/c1-13(2)17-10-15-9-16(20-12-15)11-18-5-7-19(8-6-18)14(3)4/h9,12-14,17H,5-8,10-11H2,1-4H3. The number of nitrogens with one attached hydrogen (secondary N) is 1. The largest absolute Gasteiger partial charge is 0.468 e. The molecule has 2 rings (SSSR count). The Balaban J connectivity index is 1.77. The van der Waals surface area contributed by atoms with Crippen LogP contribution in [0.3, 0.4) is 0 Å². The van der Waals surface area contributed by atoms with E-state index in [4.69, 9.17) is 4.42 Å². The highest BCUT2D eigenvalue weighted by Gasteiger charge is 2.19. The molecule has 20 heavy (non-hydrogen) atoms. The third-order valence-corrected chi connectivity index (χ3v) is 3.94. The van der Waals surface area contributed by atoms with Gasteiger partial charge in [-0.25, -0.2) is 0 Å².